The summed E-state index contributed by atoms with van der Waals surface area (Å²) in [5.74, 6) is -1.17. The van der Waals surface area contributed by atoms with Gasteiger partial charge in [0.2, 0.25) is 0 Å². The fraction of sp³-hybridized carbons (Fsp3) is 0.200. The number of carbonyl (C=O) groups is 1. The maximum absolute atomic E-state index is 12.1. The minimum absolute atomic E-state index is 0.00515. The molecule has 0 aromatic carbocycles. The van der Waals surface area contributed by atoms with Crippen LogP contribution in [0, 0.1) is 13.8 Å². The minimum atomic E-state index is -3.85. The molecule has 7 nitrogen and oxygen atoms in total. The molecule has 0 amide bonds. The number of aromatic nitrogens is 2. The monoisotopic (exact) mass is 301 g/mol. The third kappa shape index (κ3) is 2.47. The topological polar surface area (TPSA) is 112 Å². The molecule has 0 aliphatic carbocycles. The average molecular weight is 301 g/mol. The van der Waals surface area contributed by atoms with Gasteiger partial charge in [-0.05, 0) is 24.8 Å². The highest BCUT2D eigenvalue weighted by molar-refractivity contribution is 7.92. The maximum Gasteiger partial charge on any atom is 0.348 e. The van der Waals surface area contributed by atoms with Crippen LogP contribution in [-0.2, 0) is 10.0 Å². The molecule has 3 N–H and O–H groups in total. The van der Waals surface area contributed by atoms with Crippen LogP contribution in [0.5, 0.6) is 0 Å². The molecule has 0 spiro atoms. The molecular formula is C10H11N3O4S2. The Morgan fingerprint density at radius 2 is 2.16 bits per heavy atom. The van der Waals surface area contributed by atoms with Crippen LogP contribution in [0.1, 0.15) is 20.9 Å². The Morgan fingerprint density at radius 1 is 1.47 bits per heavy atom. The Kier molecular flexibility index (Phi) is 3.33. The van der Waals surface area contributed by atoms with Crippen molar-refractivity contribution < 1.29 is 18.3 Å². The Hall–Kier alpha value is -1.87. The highest BCUT2D eigenvalue weighted by atomic mass is 32.2. The molecule has 0 bridgehead atoms. The van der Waals surface area contributed by atoms with E-state index in [9.17, 15) is 13.2 Å². The highest BCUT2D eigenvalue weighted by Gasteiger charge is 2.23. The molecule has 2 rings (SSSR count). The van der Waals surface area contributed by atoms with Crippen molar-refractivity contribution in [3.05, 3.63) is 27.7 Å². The molecule has 0 aliphatic heterocycles. The summed E-state index contributed by atoms with van der Waals surface area (Å²) in [5, 5.41) is 16.8. The van der Waals surface area contributed by atoms with Gasteiger partial charge < -0.3 is 5.11 Å². The van der Waals surface area contributed by atoms with Crippen LogP contribution in [0.2, 0.25) is 0 Å². The second-order valence-corrected chi connectivity index (χ2v) is 6.42. The molecular weight excluding hydrogens is 290 g/mol. The predicted molar refractivity (Wildman–Crippen MR) is 70.1 cm³/mol. The van der Waals surface area contributed by atoms with Gasteiger partial charge in [-0.1, -0.05) is 0 Å². The summed E-state index contributed by atoms with van der Waals surface area (Å²) in [6, 6.07) is 0. The fourth-order valence-corrected chi connectivity index (χ4v) is 3.72. The molecule has 0 fully saturated rings. The molecule has 2 heterocycles. The lowest BCUT2D eigenvalue weighted by molar-refractivity contribution is 0.0703. The normalized spacial score (nSPS) is 11.5. The molecule has 0 saturated carbocycles. The molecule has 0 atom stereocenters. The number of aromatic amines is 1. The minimum Gasteiger partial charge on any atom is -0.477 e. The van der Waals surface area contributed by atoms with Gasteiger partial charge in [0.15, 0.2) is 0 Å². The molecule has 0 unspecified atom stereocenters. The van der Waals surface area contributed by atoms with Crippen LogP contribution in [-0.4, -0.2) is 29.7 Å². The summed E-state index contributed by atoms with van der Waals surface area (Å²) in [6.45, 7) is 3.21. The number of carboxylic acids is 1. The van der Waals surface area contributed by atoms with E-state index in [-0.39, 0.29) is 15.5 Å². The zero-order valence-corrected chi connectivity index (χ0v) is 11.7. The number of sulfonamides is 1. The van der Waals surface area contributed by atoms with Gasteiger partial charge >= 0.3 is 5.97 Å². The van der Waals surface area contributed by atoms with Crippen LogP contribution < -0.4 is 4.72 Å². The number of H-pyrrole nitrogens is 1. The van der Waals surface area contributed by atoms with Crippen molar-refractivity contribution in [3.8, 4) is 0 Å². The number of nitrogens with one attached hydrogen (secondary N) is 2. The molecule has 2 aromatic rings. The van der Waals surface area contributed by atoms with E-state index in [4.69, 9.17) is 5.11 Å². The highest BCUT2D eigenvalue weighted by Crippen LogP contribution is 2.30. The van der Waals surface area contributed by atoms with E-state index in [0.29, 0.717) is 11.3 Å². The number of hydrogen-bond donors (Lipinski definition) is 3. The van der Waals surface area contributed by atoms with Crippen molar-refractivity contribution >= 4 is 33.0 Å². The first-order chi connectivity index (χ1) is 8.83. The number of anilines is 1. The SMILES string of the molecule is Cc1csc(C(=O)O)c1NS(=O)(=O)c1cn[nH]c1C. The van der Waals surface area contributed by atoms with Crippen molar-refractivity contribution in [2.45, 2.75) is 18.7 Å². The summed E-state index contributed by atoms with van der Waals surface area (Å²) in [6.07, 6.45) is 1.18. The number of hydrogen-bond acceptors (Lipinski definition) is 5. The first kappa shape index (κ1) is 13.6. The first-order valence-electron chi connectivity index (χ1n) is 5.17. The molecule has 0 radical (unpaired) electrons. The molecule has 19 heavy (non-hydrogen) atoms. The zero-order chi connectivity index (χ0) is 14.2. The lowest BCUT2D eigenvalue weighted by Crippen LogP contribution is -2.15. The van der Waals surface area contributed by atoms with Gasteiger partial charge in [0, 0.05) is 0 Å². The Labute approximate surface area is 113 Å². The summed E-state index contributed by atoms with van der Waals surface area (Å²) in [5.41, 5.74) is 1.04. The molecule has 2 aromatic heterocycles. The summed E-state index contributed by atoms with van der Waals surface area (Å²) in [4.78, 5) is 11.0. The Balaban J connectivity index is 2.45. The largest absolute Gasteiger partial charge is 0.477 e. The van der Waals surface area contributed by atoms with E-state index in [0.717, 1.165) is 11.3 Å². The quantitative estimate of drug-likeness (QED) is 0.793. The van der Waals surface area contributed by atoms with Gasteiger partial charge in [-0.3, -0.25) is 9.82 Å². The summed E-state index contributed by atoms with van der Waals surface area (Å²) in [7, 11) is -3.85. The van der Waals surface area contributed by atoms with Crippen LogP contribution in [0.15, 0.2) is 16.5 Å². The number of aromatic carboxylic acids is 1. The van der Waals surface area contributed by atoms with E-state index < -0.39 is 16.0 Å². The standard InChI is InChI=1S/C10H11N3O4S2/c1-5-4-18-9(10(14)15)8(5)13-19(16,17)7-3-11-12-6(7)2/h3-4,13H,1-2H3,(H,11,12)(H,14,15). The third-order valence-electron chi connectivity index (χ3n) is 2.48. The average Bonchev–Trinajstić information content (AvgIpc) is 2.86. The van der Waals surface area contributed by atoms with Crippen LogP contribution >= 0.6 is 11.3 Å². The van der Waals surface area contributed by atoms with Crippen LogP contribution in [0.4, 0.5) is 5.69 Å². The van der Waals surface area contributed by atoms with Gasteiger partial charge in [0.1, 0.15) is 9.77 Å². The smallest absolute Gasteiger partial charge is 0.348 e. The zero-order valence-electron chi connectivity index (χ0n) is 10.1. The number of thiophene rings is 1. The number of carboxylic acid groups (broad SMARTS) is 1. The Morgan fingerprint density at radius 3 is 2.68 bits per heavy atom. The lowest BCUT2D eigenvalue weighted by Gasteiger charge is -2.08. The summed E-state index contributed by atoms with van der Waals surface area (Å²) >= 11 is 0.976. The molecule has 0 aliphatic rings. The predicted octanol–water partition coefficient (Wildman–Crippen LogP) is 1.59. The maximum atomic E-state index is 12.1. The number of rotatable bonds is 4. The van der Waals surface area contributed by atoms with Crippen molar-refractivity contribution in [2.24, 2.45) is 0 Å². The van der Waals surface area contributed by atoms with Crippen molar-refractivity contribution in [2.75, 3.05) is 4.72 Å². The number of aryl methyl sites for hydroxylation is 2. The first-order valence-corrected chi connectivity index (χ1v) is 7.53. The van der Waals surface area contributed by atoms with Gasteiger partial charge in [-0.15, -0.1) is 11.3 Å². The van der Waals surface area contributed by atoms with E-state index >= 15 is 0 Å². The van der Waals surface area contributed by atoms with Gasteiger partial charge in [-0.25, -0.2) is 13.2 Å². The van der Waals surface area contributed by atoms with Crippen LogP contribution in [0.3, 0.4) is 0 Å². The van der Waals surface area contributed by atoms with E-state index in [1.165, 1.54) is 6.20 Å². The molecule has 9 heteroatoms. The van der Waals surface area contributed by atoms with E-state index in [2.05, 4.69) is 14.9 Å². The number of nitrogens with zero attached hydrogens (tertiary/aromatic N) is 1. The van der Waals surface area contributed by atoms with E-state index in [1.54, 1.807) is 19.2 Å². The Bertz CT molecular complexity index is 730. The molecule has 102 valence electrons. The van der Waals surface area contributed by atoms with Gasteiger partial charge in [0.05, 0.1) is 17.6 Å². The van der Waals surface area contributed by atoms with Crippen molar-refractivity contribution in [1.29, 1.82) is 0 Å². The van der Waals surface area contributed by atoms with Crippen molar-refractivity contribution in [1.82, 2.24) is 10.2 Å². The second-order valence-electron chi connectivity index (χ2n) is 3.89. The van der Waals surface area contributed by atoms with Crippen LogP contribution in [0.25, 0.3) is 0 Å². The van der Waals surface area contributed by atoms with E-state index in [1.807, 2.05) is 0 Å². The fourth-order valence-electron chi connectivity index (χ4n) is 1.53. The summed E-state index contributed by atoms with van der Waals surface area (Å²) < 4.78 is 26.6. The van der Waals surface area contributed by atoms with Crippen molar-refractivity contribution in [3.63, 3.8) is 0 Å². The van der Waals surface area contributed by atoms with Gasteiger partial charge in [-0.2, -0.15) is 5.10 Å². The second kappa shape index (κ2) is 4.67. The van der Waals surface area contributed by atoms with Gasteiger partial charge in [0.25, 0.3) is 10.0 Å². The lowest BCUT2D eigenvalue weighted by atomic mass is 10.3. The molecule has 0 saturated heterocycles. The third-order valence-corrected chi connectivity index (χ3v) is 5.03.